The molecule has 7 nitrogen and oxygen atoms in total. The van der Waals surface area contributed by atoms with Crippen LogP contribution in [0, 0.1) is 0 Å². The van der Waals surface area contributed by atoms with Crippen LogP contribution in [0.1, 0.15) is 71.4 Å². The number of hydrogen-bond acceptors (Lipinski definition) is 5. The molecular formula is C20H35N5O2. The largest absolute Gasteiger partial charge is 0.444 e. The van der Waals surface area contributed by atoms with Crippen molar-refractivity contribution in [1.82, 2.24) is 25.0 Å². The average Bonchev–Trinajstić information content (AvgIpc) is 3.15. The lowest BCUT2D eigenvalue weighted by atomic mass is 10.1. The lowest BCUT2D eigenvalue weighted by molar-refractivity contribution is 0.0201. The van der Waals surface area contributed by atoms with Crippen LogP contribution >= 0.6 is 0 Å². The zero-order valence-electron chi connectivity index (χ0n) is 17.3. The van der Waals surface area contributed by atoms with Crippen LogP contribution in [-0.4, -0.2) is 56.5 Å². The number of aryl methyl sites for hydroxylation is 1. The number of amides is 1. The third-order valence-corrected chi connectivity index (χ3v) is 5.51. The second-order valence-corrected chi connectivity index (χ2v) is 8.87. The van der Waals surface area contributed by atoms with E-state index in [0.29, 0.717) is 0 Å². The highest BCUT2D eigenvalue weighted by atomic mass is 16.6. The zero-order chi connectivity index (χ0) is 19.4. The lowest BCUT2D eigenvalue weighted by Crippen LogP contribution is -2.49. The van der Waals surface area contributed by atoms with Crippen molar-refractivity contribution in [2.45, 2.75) is 96.9 Å². The lowest BCUT2D eigenvalue weighted by Gasteiger charge is -2.32. The van der Waals surface area contributed by atoms with Crippen molar-refractivity contribution in [3.63, 3.8) is 0 Å². The smallest absolute Gasteiger partial charge is 0.410 e. The number of carbonyl (C=O) groups excluding carboxylic acids is 1. The third-order valence-electron chi connectivity index (χ3n) is 5.51. The number of ether oxygens (including phenoxy) is 1. The molecule has 1 aromatic rings. The summed E-state index contributed by atoms with van der Waals surface area (Å²) in [5, 5.41) is 12.4. The molecule has 0 bridgehead atoms. The van der Waals surface area contributed by atoms with E-state index in [4.69, 9.17) is 4.74 Å². The minimum atomic E-state index is -0.452. The first-order chi connectivity index (χ1) is 12.8. The number of likely N-dealkylation sites (tertiary alicyclic amines) is 1. The fourth-order valence-electron chi connectivity index (χ4n) is 4.14. The Labute approximate surface area is 162 Å². The second kappa shape index (κ2) is 8.59. The first-order valence-electron chi connectivity index (χ1n) is 10.5. The van der Waals surface area contributed by atoms with Gasteiger partial charge in [0.25, 0.3) is 0 Å². The Morgan fingerprint density at radius 1 is 1.22 bits per heavy atom. The van der Waals surface area contributed by atoms with Gasteiger partial charge in [0.2, 0.25) is 0 Å². The van der Waals surface area contributed by atoms with Crippen LogP contribution in [0.5, 0.6) is 0 Å². The minimum absolute atomic E-state index is 0.190. The molecule has 1 saturated heterocycles. The maximum atomic E-state index is 12.5. The fraction of sp³-hybridized carbons (Fsp3) is 0.850. The first kappa shape index (κ1) is 20.1. The Bertz CT molecular complexity index is 637. The molecule has 27 heavy (non-hydrogen) atoms. The molecule has 3 heterocycles. The topological polar surface area (TPSA) is 72.3 Å². The quantitative estimate of drug-likeness (QED) is 0.854. The molecule has 2 aliphatic rings. The van der Waals surface area contributed by atoms with E-state index in [1.54, 1.807) is 0 Å². The van der Waals surface area contributed by atoms with Gasteiger partial charge in [-0.05, 0) is 53.4 Å². The molecule has 1 fully saturated rings. The molecule has 1 N–H and O–H groups in total. The van der Waals surface area contributed by atoms with Crippen molar-refractivity contribution in [2.75, 3.05) is 13.1 Å². The number of rotatable bonds is 5. The highest BCUT2D eigenvalue weighted by Crippen LogP contribution is 2.23. The zero-order valence-corrected chi connectivity index (χ0v) is 17.3. The van der Waals surface area contributed by atoms with E-state index in [2.05, 4.69) is 27.0 Å². The molecule has 7 heteroatoms. The summed E-state index contributed by atoms with van der Waals surface area (Å²) in [7, 11) is 0. The third kappa shape index (κ3) is 5.21. The Hall–Kier alpha value is -1.63. The van der Waals surface area contributed by atoms with E-state index in [1.165, 1.54) is 19.3 Å². The predicted octanol–water partition coefficient (Wildman–Crippen LogP) is 2.92. The summed E-state index contributed by atoms with van der Waals surface area (Å²) >= 11 is 0. The van der Waals surface area contributed by atoms with Crippen molar-refractivity contribution < 1.29 is 9.53 Å². The Morgan fingerprint density at radius 2 is 2.04 bits per heavy atom. The molecule has 0 spiro atoms. The normalized spacial score (nSPS) is 21.6. The Balaban J connectivity index is 1.51. The van der Waals surface area contributed by atoms with E-state index < -0.39 is 5.60 Å². The Kier molecular flexibility index (Phi) is 6.40. The first-order valence-corrected chi connectivity index (χ1v) is 10.5. The number of nitrogens with zero attached hydrogens (tertiary/aromatic N) is 4. The molecule has 0 saturated carbocycles. The molecule has 1 amide bonds. The second-order valence-electron chi connectivity index (χ2n) is 8.87. The molecule has 0 aliphatic carbocycles. The van der Waals surface area contributed by atoms with Crippen LogP contribution in [0.2, 0.25) is 0 Å². The molecule has 2 atom stereocenters. The van der Waals surface area contributed by atoms with Crippen LogP contribution < -0.4 is 5.32 Å². The molecule has 0 aromatic carbocycles. The number of carbonyl (C=O) groups is 1. The van der Waals surface area contributed by atoms with Gasteiger partial charge in [0.1, 0.15) is 17.2 Å². The van der Waals surface area contributed by atoms with Crippen LogP contribution in [-0.2, 0) is 24.1 Å². The van der Waals surface area contributed by atoms with Gasteiger partial charge in [-0.2, -0.15) is 0 Å². The molecule has 152 valence electrons. The minimum Gasteiger partial charge on any atom is -0.444 e. The summed E-state index contributed by atoms with van der Waals surface area (Å²) in [5.41, 5.74) is -0.452. The van der Waals surface area contributed by atoms with Gasteiger partial charge in [-0.3, -0.25) is 0 Å². The van der Waals surface area contributed by atoms with Crippen molar-refractivity contribution in [1.29, 1.82) is 0 Å². The van der Waals surface area contributed by atoms with Crippen molar-refractivity contribution in [3.05, 3.63) is 11.6 Å². The van der Waals surface area contributed by atoms with Crippen LogP contribution in [0.4, 0.5) is 4.79 Å². The highest BCUT2D eigenvalue weighted by Gasteiger charge is 2.35. The summed E-state index contributed by atoms with van der Waals surface area (Å²) in [4.78, 5) is 14.4. The predicted molar refractivity (Wildman–Crippen MR) is 105 cm³/mol. The van der Waals surface area contributed by atoms with Gasteiger partial charge in [-0.15, -0.1) is 10.2 Å². The van der Waals surface area contributed by atoms with Gasteiger partial charge in [0.15, 0.2) is 0 Å². The molecule has 1 aromatic heterocycles. The SMILES string of the molecule is C[C@H](NCCc1nnc2n1CCCCC2)[C@@H]1CCCN1C(=O)OC(C)(C)C. The summed E-state index contributed by atoms with van der Waals surface area (Å²) < 4.78 is 7.88. The van der Waals surface area contributed by atoms with E-state index in [0.717, 1.165) is 57.0 Å². The molecule has 2 aliphatic heterocycles. The maximum absolute atomic E-state index is 12.5. The summed E-state index contributed by atoms with van der Waals surface area (Å²) in [6.07, 6.45) is 7.49. The monoisotopic (exact) mass is 377 g/mol. The van der Waals surface area contributed by atoms with Crippen LogP contribution in [0.25, 0.3) is 0 Å². The van der Waals surface area contributed by atoms with Crippen LogP contribution in [0.15, 0.2) is 0 Å². The fourth-order valence-corrected chi connectivity index (χ4v) is 4.14. The van der Waals surface area contributed by atoms with Gasteiger partial charge in [-0.1, -0.05) is 6.42 Å². The average molecular weight is 378 g/mol. The number of nitrogens with one attached hydrogen (secondary N) is 1. The van der Waals surface area contributed by atoms with Crippen molar-refractivity contribution in [3.8, 4) is 0 Å². The van der Waals surface area contributed by atoms with Crippen molar-refractivity contribution in [2.24, 2.45) is 0 Å². The molecule has 3 rings (SSSR count). The van der Waals surface area contributed by atoms with Crippen molar-refractivity contribution >= 4 is 6.09 Å². The van der Waals surface area contributed by atoms with Gasteiger partial charge in [0, 0.05) is 38.5 Å². The Morgan fingerprint density at radius 3 is 2.81 bits per heavy atom. The number of aromatic nitrogens is 3. The summed E-state index contributed by atoms with van der Waals surface area (Å²) in [5.74, 6) is 2.23. The van der Waals surface area contributed by atoms with Gasteiger partial charge in [-0.25, -0.2) is 4.79 Å². The summed E-state index contributed by atoms with van der Waals surface area (Å²) in [6.45, 7) is 10.6. The van der Waals surface area contributed by atoms with Gasteiger partial charge >= 0.3 is 6.09 Å². The summed E-state index contributed by atoms with van der Waals surface area (Å²) in [6, 6.07) is 0.418. The molecular weight excluding hydrogens is 342 g/mol. The van der Waals surface area contributed by atoms with Gasteiger partial charge < -0.3 is 19.5 Å². The van der Waals surface area contributed by atoms with E-state index in [-0.39, 0.29) is 18.2 Å². The molecule has 0 unspecified atom stereocenters. The number of hydrogen-bond donors (Lipinski definition) is 1. The standard InChI is InChI=1S/C20H35N5O2/c1-15(16-9-8-14-24(16)19(26)27-20(2,3)4)21-12-11-18-23-22-17-10-6-5-7-13-25(17)18/h15-16,21H,5-14H2,1-4H3/t15-,16-/m0/s1. The van der Waals surface area contributed by atoms with E-state index in [9.17, 15) is 4.79 Å². The molecule has 0 radical (unpaired) electrons. The van der Waals surface area contributed by atoms with E-state index >= 15 is 0 Å². The maximum Gasteiger partial charge on any atom is 0.410 e. The number of fused-ring (bicyclic) bond motifs is 1. The van der Waals surface area contributed by atoms with Crippen LogP contribution in [0.3, 0.4) is 0 Å². The van der Waals surface area contributed by atoms with E-state index in [1.807, 2.05) is 25.7 Å². The highest BCUT2D eigenvalue weighted by molar-refractivity contribution is 5.69. The van der Waals surface area contributed by atoms with Gasteiger partial charge in [0.05, 0.1) is 6.04 Å².